The van der Waals surface area contributed by atoms with Gasteiger partial charge in [0.2, 0.25) is 0 Å². The molecule has 1 aliphatic heterocycles. The number of anilines is 3. The maximum atomic E-state index is 14.4. The highest BCUT2D eigenvalue weighted by atomic mass is 127. The average molecular weight is 541 g/mol. The number of hydrogen-bond acceptors (Lipinski definition) is 6. The molecule has 1 saturated heterocycles. The summed E-state index contributed by atoms with van der Waals surface area (Å²) in [5, 5.41) is 14.1. The number of carbonyl (C=O) groups is 2. The highest BCUT2D eigenvalue weighted by Crippen LogP contribution is 2.44. The molecule has 0 spiro atoms. The van der Waals surface area contributed by atoms with E-state index in [1.807, 2.05) is 18.2 Å². The third-order valence-corrected chi connectivity index (χ3v) is 6.93. The lowest BCUT2D eigenvalue weighted by molar-refractivity contribution is -0.839. The van der Waals surface area contributed by atoms with Crippen molar-refractivity contribution in [1.29, 1.82) is 0 Å². The fourth-order valence-corrected chi connectivity index (χ4v) is 5.22. The van der Waals surface area contributed by atoms with Crippen LogP contribution in [0.5, 0.6) is 0 Å². The van der Waals surface area contributed by atoms with Crippen LogP contribution in [0.4, 0.5) is 20.8 Å². The van der Waals surface area contributed by atoms with Crippen molar-refractivity contribution in [3.8, 4) is 0 Å². The van der Waals surface area contributed by atoms with Gasteiger partial charge in [0.1, 0.15) is 28.7 Å². The van der Waals surface area contributed by atoms with Crippen molar-refractivity contribution in [1.82, 2.24) is 4.98 Å². The van der Waals surface area contributed by atoms with Crippen molar-refractivity contribution in [3.63, 3.8) is 0 Å². The van der Waals surface area contributed by atoms with Crippen LogP contribution >= 0.6 is 33.9 Å². The van der Waals surface area contributed by atoms with Gasteiger partial charge in [0.15, 0.2) is 6.54 Å². The average Bonchev–Trinajstić information content (AvgIpc) is 3.08. The number of piperazine rings is 1. The van der Waals surface area contributed by atoms with Crippen LogP contribution in [0.1, 0.15) is 0 Å². The largest absolute Gasteiger partial charge is 0.477 e. The maximum absolute atomic E-state index is 14.4. The number of fused-ring (bicyclic) bond motifs is 1. The molecule has 0 bridgehead atoms. The lowest BCUT2D eigenvalue weighted by Gasteiger charge is -2.40. The van der Waals surface area contributed by atoms with Gasteiger partial charge in [-0.1, -0.05) is 11.3 Å². The molecule has 30 heavy (non-hydrogen) atoms. The molecule has 3 heterocycles. The van der Waals surface area contributed by atoms with Gasteiger partial charge in [-0.05, 0) is 52.9 Å². The number of carbonyl (C=O) groups excluding carboxylic acids is 1. The molecule has 10 heteroatoms. The minimum Gasteiger partial charge on any atom is -0.477 e. The molecule has 0 saturated carbocycles. The summed E-state index contributed by atoms with van der Waals surface area (Å²) in [7, 11) is 0. The van der Waals surface area contributed by atoms with Crippen LogP contribution < -0.4 is 10.2 Å². The van der Waals surface area contributed by atoms with Gasteiger partial charge in [-0.25, -0.2) is 19.0 Å². The Morgan fingerprint density at radius 1 is 1.37 bits per heavy atom. The molecule has 3 aromatic rings. The molecule has 7 nitrogen and oxygen atoms in total. The number of quaternary nitrogens is 1. The molecule has 1 aliphatic rings. The van der Waals surface area contributed by atoms with Gasteiger partial charge in [-0.3, -0.25) is 4.48 Å². The van der Waals surface area contributed by atoms with Crippen LogP contribution in [-0.4, -0.2) is 59.7 Å². The topological polar surface area (TPSA) is 82.5 Å². The molecule has 4 rings (SSSR count). The predicted octanol–water partition coefficient (Wildman–Crippen LogP) is 3.66. The molecule has 0 atom stereocenters. The molecule has 0 radical (unpaired) electrons. The number of amides is 1. The summed E-state index contributed by atoms with van der Waals surface area (Å²) >= 11 is 3.51. The van der Waals surface area contributed by atoms with E-state index in [0.717, 1.165) is 30.9 Å². The van der Waals surface area contributed by atoms with Crippen molar-refractivity contribution >= 4 is 72.9 Å². The Morgan fingerprint density at radius 2 is 2.13 bits per heavy atom. The van der Waals surface area contributed by atoms with Crippen LogP contribution in [0.3, 0.4) is 0 Å². The highest BCUT2D eigenvalue weighted by molar-refractivity contribution is 14.1. The maximum Gasteiger partial charge on any atom is 0.359 e. The van der Waals surface area contributed by atoms with Crippen molar-refractivity contribution in [2.24, 2.45) is 0 Å². The van der Waals surface area contributed by atoms with Crippen LogP contribution in [0.25, 0.3) is 10.2 Å². The van der Waals surface area contributed by atoms with E-state index in [-0.39, 0.29) is 16.8 Å². The molecule has 2 N–H and O–H groups in total. The van der Waals surface area contributed by atoms with E-state index >= 15 is 0 Å². The summed E-state index contributed by atoms with van der Waals surface area (Å²) in [6, 6.07) is 8.83. The molecule has 156 valence electrons. The lowest BCUT2D eigenvalue weighted by atomic mass is 10.2. The second-order valence-electron chi connectivity index (χ2n) is 7.20. The Hall–Kier alpha value is -2.31. The van der Waals surface area contributed by atoms with Crippen molar-refractivity contribution < 1.29 is 23.6 Å². The third kappa shape index (κ3) is 4.12. The summed E-state index contributed by atoms with van der Waals surface area (Å²) in [5.74, 6) is -1.33. The molecular formula is C20H19FIN4O3S+. The van der Waals surface area contributed by atoms with E-state index in [9.17, 15) is 14.0 Å². The van der Waals surface area contributed by atoms with E-state index in [1.165, 1.54) is 17.4 Å². The molecule has 0 aliphatic carbocycles. The van der Waals surface area contributed by atoms with E-state index in [4.69, 9.17) is 5.11 Å². The smallest absolute Gasteiger partial charge is 0.359 e. The normalized spacial score (nSPS) is 15.9. The quantitative estimate of drug-likeness (QED) is 0.282. The highest BCUT2D eigenvalue weighted by Gasteiger charge is 2.36. The predicted molar refractivity (Wildman–Crippen MR) is 123 cm³/mol. The number of rotatable bonds is 6. The molecule has 0 unspecified atom stereocenters. The van der Waals surface area contributed by atoms with Gasteiger partial charge in [-0.2, -0.15) is 0 Å². The Labute approximate surface area is 189 Å². The fraction of sp³-hybridized carbons (Fsp3) is 0.250. The van der Waals surface area contributed by atoms with Gasteiger partial charge < -0.3 is 15.3 Å². The first-order valence-electron chi connectivity index (χ1n) is 9.29. The summed E-state index contributed by atoms with van der Waals surface area (Å²) < 4.78 is 15.2. The zero-order chi connectivity index (χ0) is 21.3. The monoisotopic (exact) mass is 541 g/mol. The van der Waals surface area contributed by atoms with Gasteiger partial charge >= 0.3 is 12.4 Å². The van der Waals surface area contributed by atoms with Crippen molar-refractivity contribution in [2.75, 3.05) is 42.9 Å². The van der Waals surface area contributed by atoms with Crippen LogP contribution in [0.15, 0.2) is 36.5 Å². The van der Waals surface area contributed by atoms with Gasteiger partial charge in [0.05, 0.1) is 24.5 Å². The Morgan fingerprint density at radius 3 is 2.80 bits per heavy atom. The first kappa shape index (κ1) is 20.9. The number of hydrogen-bond donors (Lipinski definition) is 2. The molecule has 1 fully saturated rings. The number of aromatic nitrogens is 1. The molecular weight excluding hydrogens is 522 g/mol. The first-order chi connectivity index (χ1) is 14.4. The summed E-state index contributed by atoms with van der Waals surface area (Å²) in [5.41, 5.74) is 1.28. The summed E-state index contributed by atoms with van der Waals surface area (Å²) in [6.07, 6.45) is 2.45. The summed E-state index contributed by atoms with van der Waals surface area (Å²) in [6.45, 7) is 1.59. The van der Waals surface area contributed by atoms with Gasteiger partial charge in [-0.15, -0.1) is 0 Å². The number of pyridine rings is 1. The number of nitrogens with one attached hydrogen (secondary N) is 1. The third-order valence-electron chi connectivity index (χ3n) is 5.24. The molecule has 1 amide bonds. The minimum atomic E-state index is -0.989. The molecule has 1 aromatic carbocycles. The number of carboxylic acid groups (broad SMARTS) is 1. The number of aliphatic carboxylic acids is 1. The van der Waals surface area contributed by atoms with Gasteiger partial charge in [0, 0.05) is 15.2 Å². The molecule has 2 aromatic heterocycles. The first-order valence-corrected chi connectivity index (χ1v) is 11.2. The Kier molecular flexibility index (Phi) is 5.89. The van der Waals surface area contributed by atoms with Gasteiger partial charge in [0.25, 0.3) is 0 Å². The summed E-state index contributed by atoms with van der Waals surface area (Å²) in [4.78, 5) is 30.2. The number of thiophene rings is 1. The number of nitrogens with zero attached hydrogens (tertiary/aromatic N) is 3. The van der Waals surface area contributed by atoms with E-state index in [1.54, 1.807) is 12.3 Å². The zero-order valence-corrected chi connectivity index (χ0v) is 18.8. The Balaban J connectivity index is 1.68. The fourth-order valence-electron chi connectivity index (χ4n) is 3.69. The van der Waals surface area contributed by atoms with Crippen molar-refractivity contribution in [2.45, 2.75) is 0 Å². The minimum absolute atomic E-state index is 0.0966. The van der Waals surface area contributed by atoms with E-state index < -0.39 is 5.97 Å². The second kappa shape index (κ2) is 8.44. The van der Waals surface area contributed by atoms with Crippen molar-refractivity contribution in [3.05, 3.63) is 45.9 Å². The number of halogens is 2. The SMILES string of the molecule is O=C[N+]1(CC(=O)O)CCN(c2c(Nc3ccc(I)cc3F)sc3ncccc23)CC1. The lowest BCUT2D eigenvalue weighted by Crippen LogP contribution is -2.60. The second-order valence-corrected chi connectivity index (χ2v) is 9.44. The van der Waals surface area contributed by atoms with E-state index in [2.05, 4.69) is 37.8 Å². The van der Waals surface area contributed by atoms with E-state index in [0.29, 0.717) is 31.9 Å². The van der Waals surface area contributed by atoms with Crippen LogP contribution in [0.2, 0.25) is 0 Å². The number of carboxylic acids is 1. The van der Waals surface area contributed by atoms with Crippen LogP contribution in [-0.2, 0) is 9.59 Å². The zero-order valence-electron chi connectivity index (χ0n) is 15.8. The van der Waals surface area contributed by atoms with Crippen LogP contribution in [0, 0.1) is 9.39 Å². The standard InChI is InChI=1S/C20H18FIN4O3S/c21-15-10-13(22)3-4-16(15)24-20-18(14-2-1-5-23-19(14)30-20)25-6-8-26(12-27,9-7-25)11-17(28)29/h1-5,10,12,24H,6-9,11H2/p+1. The number of benzene rings is 1. The Bertz CT molecular complexity index is 1110.